The topological polar surface area (TPSA) is 49.4 Å². The second-order valence-corrected chi connectivity index (χ2v) is 9.06. The molecule has 0 aromatic carbocycles. The molecule has 0 saturated carbocycles. The van der Waals surface area contributed by atoms with Crippen LogP contribution in [0.15, 0.2) is 0 Å². The maximum Gasteiger partial charge on any atom is 0.153 e. The van der Waals surface area contributed by atoms with Gasteiger partial charge in [-0.2, -0.15) is 0 Å². The number of hydrogen-bond donors (Lipinski definition) is 1. The molecule has 4 nitrogen and oxygen atoms in total. The minimum Gasteiger partial charge on any atom is -0.312 e. The molecule has 2 atom stereocenters. The van der Waals surface area contributed by atoms with Crippen LogP contribution in [0.3, 0.4) is 0 Å². The predicted molar refractivity (Wildman–Crippen MR) is 83.7 cm³/mol. The number of nitrogens with zero attached hydrogens (tertiary/aromatic N) is 1. The first-order valence-corrected chi connectivity index (χ1v) is 9.94. The Bertz CT molecular complexity index is 395. The van der Waals surface area contributed by atoms with Crippen molar-refractivity contribution in [2.75, 3.05) is 37.7 Å². The zero-order valence-electron chi connectivity index (χ0n) is 13.0. The summed E-state index contributed by atoms with van der Waals surface area (Å²) in [5.74, 6) is 2.30. The van der Waals surface area contributed by atoms with Gasteiger partial charge in [0.1, 0.15) is 0 Å². The molecule has 0 bridgehead atoms. The van der Waals surface area contributed by atoms with Gasteiger partial charge in [0, 0.05) is 12.6 Å². The monoisotopic (exact) mass is 302 g/mol. The third-order valence-corrected chi connectivity index (χ3v) is 6.64. The van der Waals surface area contributed by atoms with E-state index in [0.717, 1.165) is 24.8 Å². The third-order valence-electron chi connectivity index (χ3n) is 4.90. The van der Waals surface area contributed by atoms with Gasteiger partial charge in [0.25, 0.3) is 0 Å². The normalized spacial score (nSPS) is 32.1. The lowest BCUT2D eigenvalue weighted by atomic mass is 9.89. The molecule has 0 amide bonds. The quantitative estimate of drug-likeness (QED) is 0.855. The fourth-order valence-electron chi connectivity index (χ4n) is 3.46. The molecular formula is C15H30N2O2S. The second-order valence-electron chi connectivity index (χ2n) is 6.83. The van der Waals surface area contributed by atoms with Crippen molar-refractivity contribution in [3.8, 4) is 0 Å². The number of rotatable bonds is 4. The summed E-state index contributed by atoms with van der Waals surface area (Å²) in [5.41, 5.74) is 0. The van der Waals surface area contributed by atoms with E-state index in [4.69, 9.17) is 0 Å². The van der Waals surface area contributed by atoms with Gasteiger partial charge in [-0.3, -0.25) is 0 Å². The molecule has 5 heteroatoms. The van der Waals surface area contributed by atoms with Crippen molar-refractivity contribution in [2.24, 2.45) is 11.8 Å². The van der Waals surface area contributed by atoms with Gasteiger partial charge in [-0.1, -0.05) is 13.8 Å². The van der Waals surface area contributed by atoms with Crippen molar-refractivity contribution in [1.29, 1.82) is 0 Å². The predicted octanol–water partition coefficient (Wildman–Crippen LogP) is 1.52. The molecule has 2 fully saturated rings. The lowest BCUT2D eigenvalue weighted by molar-refractivity contribution is 0.258. The van der Waals surface area contributed by atoms with Gasteiger partial charge < -0.3 is 10.2 Å². The molecule has 1 N–H and O–H groups in total. The standard InChI is InChI=1S/C15H30N2O2S/c1-13(2)14-4-3-8-17(9-5-14)10-6-15-12-20(18,19)11-7-16-15/h13-16H,3-12H2,1-2H3. The van der Waals surface area contributed by atoms with E-state index in [1.807, 2.05) is 0 Å². The average Bonchev–Trinajstić information content (AvgIpc) is 2.60. The van der Waals surface area contributed by atoms with Gasteiger partial charge in [0.05, 0.1) is 11.5 Å². The molecule has 2 aliphatic rings. The summed E-state index contributed by atoms with van der Waals surface area (Å²) in [6, 6.07) is 0.165. The highest BCUT2D eigenvalue weighted by molar-refractivity contribution is 7.91. The van der Waals surface area contributed by atoms with Crippen LogP contribution in [0.2, 0.25) is 0 Å². The van der Waals surface area contributed by atoms with E-state index in [1.165, 1.54) is 32.4 Å². The van der Waals surface area contributed by atoms with E-state index in [-0.39, 0.29) is 6.04 Å². The highest BCUT2D eigenvalue weighted by Crippen LogP contribution is 2.24. The van der Waals surface area contributed by atoms with Crippen molar-refractivity contribution in [1.82, 2.24) is 10.2 Å². The first kappa shape index (κ1) is 16.2. The second kappa shape index (κ2) is 7.23. The van der Waals surface area contributed by atoms with Crippen molar-refractivity contribution in [3.63, 3.8) is 0 Å². The summed E-state index contributed by atoms with van der Waals surface area (Å²) in [5, 5.41) is 3.35. The van der Waals surface area contributed by atoms with Crippen LogP contribution in [0.4, 0.5) is 0 Å². The summed E-state index contributed by atoms with van der Waals surface area (Å²) < 4.78 is 23.3. The Hall–Kier alpha value is -0.130. The molecule has 118 valence electrons. The number of hydrogen-bond acceptors (Lipinski definition) is 4. The van der Waals surface area contributed by atoms with Crippen LogP contribution in [0, 0.1) is 11.8 Å². The Morgan fingerprint density at radius 3 is 2.75 bits per heavy atom. The molecule has 0 aliphatic carbocycles. The SMILES string of the molecule is CC(C)C1CCCN(CCC2CS(=O)(=O)CCN2)CC1. The molecule has 20 heavy (non-hydrogen) atoms. The van der Waals surface area contributed by atoms with Crippen LogP contribution in [0.1, 0.15) is 39.5 Å². The Kier molecular flexibility index (Phi) is 5.87. The minimum absolute atomic E-state index is 0.165. The molecule has 0 radical (unpaired) electrons. The fourth-order valence-corrected chi connectivity index (χ4v) is 4.96. The first-order chi connectivity index (χ1) is 9.46. The maximum absolute atomic E-state index is 11.6. The van der Waals surface area contributed by atoms with E-state index in [2.05, 4.69) is 24.1 Å². The molecule has 2 saturated heterocycles. The summed E-state index contributed by atoms with van der Waals surface area (Å²) in [6.45, 7) is 8.69. The molecule has 2 rings (SSSR count). The Morgan fingerprint density at radius 1 is 1.25 bits per heavy atom. The van der Waals surface area contributed by atoms with Gasteiger partial charge in [0.2, 0.25) is 0 Å². The molecule has 2 unspecified atom stereocenters. The van der Waals surface area contributed by atoms with E-state index in [0.29, 0.717) is 18.1 Å². The van der Waals surface area contributed by atoms with E-state index in [1.54, 1.807) is 0 Å². The third kappa shape index (κ3) is 5.01. The summed E-state index contributed by atoms with van der Waals surface area (Å²) >= 11 is 0. The zero-order chi connectivity index (χ0) is 14.6. The van der Waals surface area contributed by atoms with Crippen LogP contribution >= 0.6 is 0 Å². The molecule has 2 aliphatic heterocycles. The highest BCUT2D eigenvalue weighted by atomic mass is 32.2. The largest absolute Gasteiger partial charge is 0.312 e. The van der Waals surface area contributed by atoms with Crippen LogP contribution in [0.25, 0.3) is 0 Å². The number of nitrogens with one attached hydrogen (secondary N) is 1. The fraction of sp³-hybridized carbons (Fsp3) is 1.00. The van der Waals surface area contributed by atoms with Crippen LogP contribution in [-0.4, -0.2) is 57.0 Å². The zero-order valence-corrected chi connectivity index (χ0v) is 13.8. The Balaban J connectivity index is 1.74. The van der Waals surface area contributed by atoms with E-state index in [9.17, 15) is 8.42 Å². The average molecular weight is 302 g/mol. The minimum atomic E-state index is -2.79. The summed E-state index contributed by atoms with van der Waals surface area (Å²) in [7, 11) is -2.79. The molecule has 0 spiro atoms. The van der Waals surface area contributed by atoms with Gasteiger partial charge >= 0.3 is 0 Å². The van der Waals surface area contributed by atoms with Crippen LogP contribution < -0.4 is 5.32 Å². The van der Waals surface area contributed by atoms with Crippen molar-refractivity contribution >= 4 is 9.84 Å². The first-order valence-electron chi connectivity index (χ1n) is 8.12. The number of sulfone groups is 1. The van der Waals surface area contributed by atoms with Crippen LogP contribution in [-0.2, 0) is 9.84 Å². The summed E-state index contributed by atoms with van der Waals surface area (Å²) in [4.78, 5) is 2.53. The molecular weight excluding hydrogens is 272 g/mol. The van der Waals surface area contributed by atoms with Crippen molar-refractivity contribution < 1.29 is 8.42 Å². The maximum atomic E-state index is 11.6. The summed E-state index contributed by atoms with van der Waals surface area (Å²) in [6.07, 6.45) is 4.91. The molecule has 0 aromatic rings. The van der Waals surface area contributed by atoms with Gasteiger partial charge in [-0.05, 0) is 57.2 Å². The molecule has 2 heterocycles. The lowest BCUT2D eigenvalue weighted by Crippen LogP contribution is -2.46. The van der Waals surface area contributed by atoms with Gasteiger partial charge in [0.15, 0.2) is 9.84 Å². The molecule has 0 aromatic heterocycles. The van der Waals surface area contributed by atoms with Gasteiger partial charge in [-0.25, -0.2) is 8.42 Å². The van der Waals surface area contributed by atoms with Crippen LogP contribution in [0.5, 0.6) is 0 Å². The lowest BCUT2D eigenvalue weighted by Gasteiger charge is -2.27. The van der Waals surface area contributed by atoms with Gasteiger partial charge in [-0.15, -0.1) is 0 Å². The van der Waals surface area contributed by atoms with Crippen molar-refractivity contribution in [2.45, 2.75) is 45.6 Å². The smallest absolute Gasteiger partial charge is 0.153 e. The highest BCUT2D eigenvalue weighted by Gasteiger charge is 2.25. The van der Waals surface area contributed by atoms with Crippen molar-refractivity contribution in [3.05, 3.63) is 0 Å². The van der Waals surface area contributed by atoms with E-state index >= 15 is 0 Å². The Morgan fingerprint density at radius 2 is 2.05 bits per heavy atom. The van der Waals surface area contributed by atoms with E-state index < -0.39 is 9.84 Å². The number of likely N-dealkylation sites (tertiary alicyclic amines) is 1. The Labute approximate surface area is 124 Å².